The lowest BCUT2D eigenvalue weighted by Crippen LogP contribution is -2.51. The first-order valence-corrected chi connectivity index (χ1v) is 11.0. The Morgan fingerprint density at radius 2 is 1.89 bits per heavy atom. The Morgan fingerprint density at radius 3 is 2.54 bits per heavy atom. The van der Waals surface area contributed by atoms with Crippen molar-refractivity contribution < 1.29 is 27.2 Å². The highest BCUT2D eigenvalue weighted by molar-refractivity contribution is 6.33. The number of aromatic nitrogens is 2. The fourth-order valence-electron chi connectivity index (χ4n) is 4.05. The number of alkyl halides is 3. The van der Waals surface area contributed by atoms with E-state index in [1.807, 2.05) is 30.3 Å². The van der Waals surface area contributed by atoms with Gasteiger partial charge in [0.25, 0.3) is 5.91 Å². The second kappa shape index (κ2) is 8.77. The fraction of sp³-hybridized carbons (Fsp3) is 0.208. The highest BCUT2D eigenvalue weighted by Gasteiger charge is 2.37. The Bertz CT molecular complexity index is 1400. The first-order chi connectivity index (χ1) is 16.7. The Balaban J connectivity index is 1.44. The van der Waals surface area contributed by atoms with Gasteiger partial charge in [0.2, 0.25) is 5.91 Å². The standard InChI is InChI=1S/C24H18ClF3N4O3/c25-21-20(23(34)31-8-7-30(19(33)13-31)11-15-4-2-1-3-5-15)29-22-18(24(26,27)28)10-17(12-32(21)22)16-6-9-35-14-16/h1-6,9-10,12,14H,7-8,11,13H2. The lowest BCUT2D eigenvalue weighted by atomic mass is 10.1. The third kappa shape index (κ3) is 4.37. The van der Waals surface area contributed by atoms with E-state index in [9.17, 15) is 22.8 Å². The van der Waals surface area contributed by atoms with Gasteiger partial charge < -0.3 is 14.2 Å². The second-order valence-electron chi connectivity index (χ2n) is 8.12. The first kappa shape index (κ1) is 23.0. The van der Waals surface area contributed by atoms with Crippen LogP contribution < -0.4 is 0 Å². The monoisotopic (exact) mass is 502 g/mol. The zero-order valence-corrected chi connectivity index (χ0v) is 18.9. The Kier molecular flexibility index (Phi) is 5.76. The first-order valence-electron chi connectivity index (χ1n) is 10.6. The number of imidazole rings is 1. The predicted molar refractivity (Wildman–Crippen MR) is 121 cm³/mol. The number of piperazine rings is 1. The lowest BCUT2D eigenvalue weighted by Gasteiger charge is -2.34. The smallest absolute Gasteiger partial charge is 0.420 e. The van der Waals surface area contributed by atoms with E-state index in [-0.39, 0.29) is 42.0 Å². The molecular weight excluding hydrogens is 485 g/mol. The third-order valence-corrected chi connectivity index (χ3v) is 6.21. The van der Waals surface area contributed by atoms with E-state index in [2.05, 4.69) is 4.98 Å². The molecule has 0 spiro atoms. The van der Waals surface area contributed by atoms with Gasteiger partial charge in [-0.3, -0.25) is 14.0 Å². The van der Waals surface area contributed by atoms with E-state index in [4.69, 9.17) is 16.0 Å². The van der Waals surface area contributed by atoms with E-state index in [1.54, 1.807) is 4.90 Å². The summed E-state index contributed by atoms with van der Waals surface area (Å²) in [6.45, 7) is 0.668. The molecule has 2 amide bonds. The summed E-state index contributed by atoms with van der Waals surface area (Å²) in [7, 11) is 0. The molecule has 180 valence electrons. The van der Waals surface area contributed by atoms with Crippen molar-refractivity contribution in [2.75, 3.05) is 19.6 Å². The van der Waals surface area contributed by atoms with Gasteiger partial charge in [0.05, 0.1) is 18.1 Å². The van der Waals surface area contributed by atoms with E-state index in [0.29, 0.717) is 12.1 Å². The van der Waals surface area contributed by atoms with Crippen molar-refractivity contribution in [1.29, 1.82) is 0 Å². The van der Waals surface area contributed by atoms with Gasteiger partial charge in [0.15, 0.2) is 11.3 Å². The molecule has 0 aliphatic carbocycles. The number of carbonyl (C=O) groups excluding carboxylic acids is 2. The topological polar surface area (TPSA) is 71.1 Å². The minimum absolute atomic E-state index is 0.196. The zero-order chi connectivity index (χ0) is 24.7. The molecule has 1 aliphatic heterocycles. The maximum atomic E-state index is 13.8. The molecular formula is C24H18ClF3N4O3. The normalized spacial score (nSPS) is 14.7. The summed E-state index contributed by atoms with van der Waals surface area (Å²) in [5.41, 5.74) is -0.312. The van der Waals surface area contributed by atoms with Gasteiger partial charge in [-0.25, -0.2) is 4.98 Å². The molecule has 7 nitrogen and oxygen atoms in total. The maximum absolute atomic E-state index is 13.8. The van der Waals surface area contributed by atoms with Gasteiger partial charge in [-0.1, -0.05) is 41.9 Å². The number of carbonyl (C=O) groups is 2. The molecule has 1 aliphatic rings. The van der Waals surface area contributed by atoms with Crippen molar-refractivity contribution in [3.05, 3.63) is 83.2 Å². The average molecular weight is 503 g/mol. The van der Waals surface area contributed by atoms with Crippen molar-refractivity contribution in [3.63, 3.8) is 0 Å². The van der Waals surface area contributed by atoms with Crippen molar-refractivity contribution in [1.82, 2.24) is 19.2 Å². The lowest BCUT2D eigenvalue weighted by molar-refractivity contribution is -0.137. The number of amides is 2. The number of hydrogen-bond donors (Lipinski definition) is 0. The minimum Gasteiger partial charge on any atom is -0.472 e. The fourth-order valence-corrected chi connectivity index (χ4v) is 4.30. The van der Waals surface area contributed by atoms with Crippen LogP contribution in [-0.4, -0.2) is 50.6 Å². The number of furan rings is 1. The van der Waals surface area contributed by atoms with Gasteiger partial charge in [-0.05, 0) is 17.7 Å². The van der Waals surface area contributed by atoms with Crippen molar-refractivity contribution in [2.24, 2.45) is 0 Å². The number of benzene rings is 1. The molecule has 4 heterocycles. The SMILES string of the molecule is O=C1CN(C(=O)c2nc3c(C(F)(F)F)cc(-c4ccoc4)cn3c2Cl)CCN1Cc1ccccc1. The summed E-state index contributed by atoms with van der Waals surface area (Å²) in [4.78, 5) is 32.7. The van der Waals surface area contributed by atoms with Crippen LogP contribution in [0.1, 0.15) is 21.6 Å². The van der Waals surface area contributed by atoms with Gasteiger partial charge in [0, 0.05) is 37.0 Å². The van der Waals surface area contributed by atoms with Crippen LogP contribution in [0.15, 0.2) is 65.6 Å². The van der Waals surface area contributed by atoms with Crippen LogP contribution in [-0.2, 0) is 17.5 Å². The number of hydrogen-bond acceptors (Lipinski definition) is 4. The summed E-state index contributed by atoms with van der Waals surface area (Å²) < 4.78 is 47.5. The maximum Gasteiger partial charge on any atom is 0.420 e. The Labute approximate surface area is 202 Å². The number of halogens is 4. The highest BCUT2D eigenvalue weighted by atomic mass is 35.5. The van der Waals surface area contributed by atoms with E-state index < -0.39 is 23.3 Å². The molecule has 4 aromatic rings. The highest BCUT2D eigenvalue weighted by Crippen LogP contribution is 2.37. The minimum atomic E-state index is -4.74. The molecule has 11 heteroatoms. The largest absolute Gasteiger partial charge is 0.472 e. The third-order valence-electron chi connectivity index (χ3n) is 5.85. The summed E-state index contributed by atoms with van der Waals surface area (Å²) in [6, 6.07) is 11.9. The molecule has 0 atom stereocenters. The number of fused-ring (bicyclic) bond motifs is 1. The van der Waals surface area contributed by atoms with Crippen molar-refractivity contribution >= 4 is 29.1 Å². The number of pyridine rings is 1. The van der Waals surface area contributed by atoms with Gasteiger partial charge >= 0.3 is 6.18 Å². The number of rotatable bonds is 4. The Morgan fingerprint density at radius 1 is 1.11 bits per heavy atom. The Hall–Kier alpha value is -3.79. The van der Waals surface area contributed by atoms with E-state index >= 15 is 0 Å². The second-order valence-corrected chi connectivity index (χ2v) is 8.48. The molecule has 0 bridgehead atoms. The average Bonchev–Trinajstić information content (AvgIpc) is 3.48. The molecule has 0 N–H and O–H groups in total. The van der Waals surface area contributed by atoms with Crippen LogP contribution in [0.5, 0.6) is 0 Å². The molecule has 0 unspecified atom stereocenters. The van der Waals surface area contributed by atoms with Crippen LogP contribution >= 0.6 is 11.6 Å². The molecule has 1 fully saturated rings. The van der Waals surface area contributed by atoms with Crippen LogP contribution in [0.4, 0.5) is 13.2 Å². The quantitative estimate of drug-likeness (QED) is 0.404. The summed E-state index contributed by atoms with van der Waals surface area (Å²) in [6.07, 6.45) is -0.732. The summed E-state index contributed by atoms with van der Waals surface area (Å²) in [5.74, 6) is -0.976. The van der Waals surface area contributed by atoms with Crippen LogP contribution in [0, 0.1) is 0 Å². The number of nitrogens with zero attached hydrogens (tertiary/aromatic N) is 4. The van der Waals surface area contributed by atoms with Gasteiger partial charge in [-0.2, -0.15) is 13.2 Å². The predicted octanol–water partition coefficient (Wildman–Crippen LogP) is 4.75. The molecule has 1 saturated heterocycles. The van der Waals surface area contributed by atoms with E-state index in [1.165, 1.54) is 29.7 Å². The zero-order valence-electron chi connectivity index (χ0n) is 18.1. The summed E-state index contributed by atoms with van der Waals surface area (Å²) >= 11 is 6.37. The molecule has 0 saturated carbocycles. The molecule has 3 aromatic heterocycles. The molecule has 5 rings (SSSR count). The van der Waals surface area contributed by atoms with Crippen LogP contribution in [0.25, 0.3) is 16.8 Å². The van der Waals surface area contributed by atoms with Crippen molar-refractivity contribution in [2.45, 2.75) is 12.7 Å². The van der Waals surface area contributed by atoms with E-state index in [0.717, 1.165) is 16.0 Å². The van der Waals surface area contributed by atoms with Crippen LogP contribution in [0.2, 0.25) is 5.15 Å². The molecule has 1 aromatic carbocycles. The van der Waals surface area contributed by atoms with Crippen LogP contribution in [0.3, 0.4) is 0 Å². The van der Waals surface area contributed by atoms with Crippen molar-refractivity contribution in [3.8, 4) is 11.1 Å². The molecule has 35 heavy (non-hydrogen) atoms. The van der Waals surface area contributed by atoms with Gasteiger partial charge in [-0.15, -0.1) is 0 Å². The summed E-state index contributed by atoms with van der Waals surface area (Å²) in [5, 5.41) is -0.264. The van der Waals surface area contributed by atoms with Gasteiger partial charge in [0.1, 0.15) is 11.7 Å². The molecule has 0 radical (unpaired) electrons.